The van der Waals surface area contributed by atoms with Gasteiger partial charge in [-0.15, -0.1) is 12.4 Å². The quantitative estimate of drug-likeness (QED) is 0.800. The zero-order valence-electron chi connectivity index (χ0n) is 10.3. The van der Waals surface area contributed by atoms with Crippen LogP contribution in [0, 0.1) is 0 Å². The number of nitrogens with one attached hydrogen (secondary N) is 2. The molecule has 1 fully saturated rings. The van der Waals surface area contributed by atoms with Gasteiger partial charge in [-0.1, -0.05) is 11.6 Å². The highest BCUT2D eigenvalue weighted by Gasteiger charge is 2.46. The van der Waals surface area contributed by atoms with Gasteiger partial charge in [0.15, 0.2) is 0 Å². The van der Waals surface area contributed by atoms with Gasteiger partial charge in [0.25, 0.3) is 0 Å². The first-order valence-electron chi connectivity index (χ1n) is 5.58. The van der Waals surface area contributed by atoms with Crippen molar-refractivity contribution in [1.82, 2.24) is 0 Å². The number of hydrogen-bond donors (Lipinski definition) is 3. The Hall–Kier alpha value is -1.30. The summed E-state index contributed by atoms with van der Waals surface area (Å²) in [6.07, 6.45) is 1.36. The van der Waals surface area contributed by atoms with Crippen LogP contribution in [-0.2, 0) is 9.59 Å². The molecule has 0 bridgehead atoms. The summed E-state index contributed by atoms with van der Waals surface area (Å²) in [5.74, 6) is -0.434. The number of nitrogens with two attached hydrogens (primary N) is 1. The van der Waals surface area contributed by atoms with E-state index in [4.69, 9.17) is 17.3 Å². The zero-order valence-corrected chi connectivity index (χ0v) is 11.9. The number of amides is 2. The van der Waals surface area contributed by atoms with E-state index in [9.17, 15) is 9.59 Å². The summed E-state index contributed by atoms with van der Waals surface area (Å²) in [7, 11) is 0. The lowest BCUT2D eigenvalue weighted by molar-refractivity contribution is -0.118. The van der Waals surface area contributed by atoms with E-state index in [1.54, 1.807) is 18.2 Å². The molecule has 0 atom stereocenters. The Morgan fingerprint density at radius 3 is 2.47 bits per heavy atom. The number of rotatable bonds is 3. The molecule has 1 aliphatic carbocycles. The van der Waals surface area contributed by atoms with E-state index in [0.717, 1.165) is 0 Å². The van der Waals surface area contributed by atoms with E-state index in [-0.39, 0.29) is 24.2 Å². The van der Waals surface area contributed by atoms with Crippen molar-refractivity contribution < 1.29 is 9.59 Å². The fourth-order valence-electron chi connectivity index (χ4n) is 1.51. The van der Waals surface area contributed by atoms with Gasteiger partial charge in [0.1, 0.15) is 0 Å². The molecular weight excluding hydrogens is 289 g/mol. The van der Waals surface area contributed by atoms with Gasteiger partial charge in [-0.2, -0.15) is 0 Å². The molecule has 7 heteroatoms. The van der Waals surface area contributed by atoms with Crippen LogP contribution in [-0.4, -0.2) is 17.4 Å². The van der Waals surface area contributed by atoms with E-state index >= 15 is 0 Å². The average Bonchev–Trinajstić information content (AvgIpc) is 3.02. The normalized spacial score (nSPS) is 15.1. The molecular formula is C12H15Cl2N3O2. The Kier molecular flexibility index (Phi) is 4.79. The van der Waals surface area contributed by atoms with Gasteiger partial charge >= 0.3 is 0 Å². The van der Waals surface area contributed by atoms with Gasteiger partial charge in [0, 0.05) is 12.6 Å². The molecule has 104 valence electrons. The molecule has 0 saturated heterocycles. The van der Waals surface area contributed by atoms with Crippen LogP contribution in [0.25, 0.3) is 0 Å². The molecule has 0 unspecified atom stereocenters. The molecule has 4 N–H and O–H groups in total. The molecule has 1 aromatic rings. The minimum atomic E-state index is -0.757. The Morgan fingerprint density at radius 2 is 1.95 bits per heavy atom. The monoisotopic (exact) mass is 303 g/mol. The number of hydrogen-bond acceptors (Lipinski definition) is 3. The number of benzene rings is 1. The number of carbonyl (C=O) groups excluding carboxylic acids is 2. The van der Waals surface area contributed by atoms with Gasteiger partial charge < -0.3 is 16.4 Å². The van der Waals surface area contributed by atoms with Crippen molar-refractivity contribution in [3.63, 3.8) is 0 Å². The molecule has 0 spiro atoms. The van der Waals surface area contributed by atoms with Crippen LogP contribution in [0.5, 0.6) is 0 Å². The second-order valence-electron chi connectivity index (χ2n) is 4.49. The van der Waals surface area contributed by atoms with E-state index < -0.39 is 5.54 Å². The van der Waals surface area contributed by atoms with Gasteiger partial charge in [-0.05, 0) is 31.0 Å². The van der Waals surface area contributed by atoms with Crippen molar-refractivity contribution in [3.8, 4) is 0 Å². The minimum Gasteiger partial charge on any atom is -0.326 e. The molecule has 5 nitrogen and oxygen atoms in total. The third-order valence-corrected chi connectivity index (χ3v) is 3.11. The number of anilines is 2. The van der Waals surface area contributed by atoms with Crippen LogP contribution in [0.4, 0.5) is 11.4 Å². The average molecular weight is 304 g/mol. The maximum atomic E-state index is 11.8. The predicted molar refractivity (Wildman–Crippen MR) is 77.8 cm³/mol. The highest BCUT2D eigenvalue weighted by atomic mass is 35.5. The Balaban J connectivity index is 0.00000180. The second-order valence-corrected chi connectivity index (χ2v) is 4.89. The summed E-state index contributed by atoms with van der Waals surface area (Å²) in [6, 6.07) is 4.88. The molecule has 0 aromatic heterocycles. The second kappa shape index (κ2) is 5.77. The third kappa shape index (κ3) is 3.83. The van der Waals surface area contributed by atoms with Crippen LogP contribution in [0.2, 0.25) is 5.02 Å². The van der Waals surface area contributed by atoms with E-state index in [2.05, 4.69) is 10.6 Å². The molecule has 0 radical (unpaired) electrons. The van der Waals surface area contributed by atoms with Crippen LogP contribution < -0.4 is 16.4 Å². The summed E-state index contributed by atoms with van der Waals surface area (Å²) in [5, 5.41) is 5.70. The number of halogens is 2. The SMILES string of the molecule is CC(=O)Nc1ccc(Cl)c(NC(=O)C2(N)CC2)c1.Cl. The zero-order chi connectivity index (χ0) is 13.3. The number of carbonyl (C=O) groups is 2. The van der Waals surface area contributed by atoms with Gasteiger partial charge in [0.2, 0.25) is 11.8 Å². The summed E-state index contributed by atoms with van der Waals surface area (Å²) in [5.41, 5.74) is 6.05. The molecule has 0 aliphatic heterocycles. The lowest BCUT2D eigenvalue weighted by atomic mass is 10.2. The maximum absolute atomic E-state index is 11.8. The molecule has 2 rings (SSSR count). The lowest BCUT2D eigenvalue weighted by Crippen LogP contribution is -2.37. The summed E-state index contributed by atoms with van der Waals surface area (Å²) in [6.45, 7) is 1.41. The highest BCUT2D eigenvalue weighted by molar-refractivity contribution is 6.34. The Morgan fingerprint density at radius 1 is 1.32 bits per heavy atom. The van der Waals surface area contributed by atoms with Crippen molar-refractivity contribution in [2.45, 2.75) is 25.3 Å². The molecule has 1 aromatic carbocycles. The topological polar surface area (TPSA) is 84.2 Å². The van der Waals surface area contributed by atoms with Gasteiger partial charge in [-0.25, -0.2) is 0 Å². The first kappa shape index (κ1) is 15.8. The Bertz CT molecular complexity index is 516. The fourth-order valence-corrected chi connectivity index (χ4v) is 1.68. The van der Waals surface area contributed by atoms with E-state index in [1.165, 1.54) is 6.92 Å². The first-order valence-corrected chi connectivity index (χ1v) is 5.96. The van der Waals surface area contributed by atoms with Gasteiger partial charge in [-0.3, -0.25) is 9.59 Å². The predicted octanol–water partition coefficient (Wildman–Crippen LogP) is 2.15. The fraction of sp³-hybridized carbons (Fsp3) is 0.333. The highest BCUT2D eigenvalue weighted by Crippen LogP contribution is 2.34. The van der Waals surface area contributed by atoms with Crippen molar-refractivity contribution in [1.29, 1.82) is 0 Å². The van der Waals surface area contributed by atoms with Gasteiger partial charge in [0.05, 0.1) is 16.2 Å². The Labute approximate surface area is 122 Å². The molecule has 2 amide bonds. The summed E-state index contributed by atoms with van der Waals surface area (Å²) in [4.78, 5) is 22.7. The van der Waals surface area contributed by atoms with Crippen molar-refractivity contribution in [3.05, 3.63) is 23.2 Å². The largest absolute Gasteiger partial charge is 0.326 e. The van der Waals surface area contributed by atoms with Crippen LogP contribution in [0.15, 0.2) is 18.2 Å². The van der Waals surface area contributed by atoms with Crippen LogP contribution in [0.3, 0.4) is 0 Å². The van der Waals surface area contributed by atoms with Crippen LogP contribution >= 0.6 is 24.0 Å². The summed E-state index contributed by atoms with van der Waals surface area (Å²) >= 11 is 5.98. The van der Waals surface area contributed by atoms with Crippen molar-refractivity contribution in [2.24, 2.45) is 5.73 Å². The van der Waals surface area contributed by atoms with Crippen molar-refractivity contribution >= 4 is 47.2 Å². The molecule has 1 saturated carbocycles. The molecule has 1 aliphatic rings. The first-order chi connectivity index (χ1) is 8.40. The van der Waals surface area contributed by atoms with Crippen molar-refractivity contribution in [2.75, 3.05) is 10.6 Å². The van der Waals surface area contributed by atoms with E-state index in [1.807, 2.05) is 0 Å². The standard InChI is InChI=1S/C12H14ClN3O2.ClH/c1-7(17)15-8-2-3-9(13)10(6-8)16-11(18)12(14)4-5-12;/h2-3,6H,4-5,14H2,1H3,(H,15,17)(H,16,18);1H. The van der Waals surface area contributed by atoms with E-state index in [0.29, 0.717) is 29.2 Å². The molecule has 19 heavy (non-hydrogen) atoms. The minimum absolute atomic E-state index is 0. The smallest absolute Gasteiger partial charge is 0.244 e. The van der Waals surface area contributed by atoms with Crippen LogP contribution in [0.1, 0.15) is 19.8 Å². The lowest BCUT2D eigenvalue weighted by Gasteiger charge is -2.12. The summed E-state index contributed by atoms with van der Waals surface area (Å²) < 4.78 is 0. The molecule has 0 heterocycles. The third-order valence-electron chi connectivity index (χ3n) is 2.78. The maximum Gasteiger partial charge on any atom is 0.244 e.